The number of carbonyl (C=O) groups excluding carboxylic acids is 1. The van der Waals surface area contributed by atoms with Crippen molar-refractivity contribution in [2.45, 2.75) is 26.1 Å². The zero-order valence-corrected chi connectivity index (χ0v) is 16.9. The third-order valence-electron chi connectivity index (χ3n) is 4.70. The maximum absolute atomic E-state index is 13.4. The lowest BCUT2D eigenvalue weighted by atomic mass is 10.1. The highest BCUT2D eigenvalue weighted by Gasteiger charge is 2.40. The average molecular weight is 420 g/mol. The molecular weight excluding hydrogens is 401 g/mol. The van der Waals surface area contributed by atoms with Crippen molar-refractivity contribution in [2.75, 3.05) is 28.5 Å². The van der Waals surface area contributed by atoms with Gasteiger partial charge in [0.05, 0.1) is 11.4 Å². The van der Waals surface area contributed by atoms with Gasteiger partial charge in [0, 0.05) is 24.2 Å². The number of nitrogens with zero attached hydrogens (tertiary/aromatic N) is 4. The number of hydrogen-bond acceptors (Lipinski definition) is 5. The van der Waals surface area contributed by atoms with Crippen molar-refractivity contribution >= 4 is 29.2 Å². The third kappa shape index (κ3) is 4.17. The van der Waals surface area contributed by atoms with Gasteiger partial charge in [0.25, 0.3) is 0 Å². The molecule has 0 N–H and O–H groups in total. The molecule has 3 rings (SSSR count). The van der Waals surface area contributed by atoms with E-state index in [-0.39, 0.29) is 23.3 Å². The fourth-order valence-corrected chi connectivity index (χ4v) is 4.39. The molecule has 2 heterocycles. The maximum Gasteiger partial charge on any atom is 0.417 e. The summed E-state index contributed by atoms with van der Waals surface area (Å²) in [5.41, 5.74) is 0.239. The molecule has 5 nitrogen and oxygen atoms in total. The Bertz CT molecular complexity index is 987. The van der Waals surface area contributed by atoms with Gasteiger partial charge in [-0.05, 0) is 37.6 Å². The van der Waals surface area contributed by atoms with Crippen LogP contribution in [0.15, 0.2) is 30.3 Å². The van der Waals surface area contributed by atoms with Crippen LogP contribution in [0.4, 0.5) is 24.7 Å². The summed E-state index contributed by atoms with van der Waals surface area (Å²) in [5, 5.41) is 9.44. The number of thioether (sulfide) groups is 1. The number of anilines is 2. The number of alkyl halides is 3. The number of aryl methyl sites for hydroxylation is 2. The Morgan fingerprint density at radius 3 is 2.69 bits per heavy atom. The summed E-state index contributed by atoms with van der Waals surface area (Å²) in [6, 6.07) is 9.19. The number of aromatic nitrogens is 1. The second-order valence-electron chi connectivity index (χ2n) is 6.84. The monoisotopic (exact) mass is 420 g/mol. The van der Waals surface area contributed by atoms with Gasteiger partial charge in [0.2, 0.25) is 5.91 Å². The van der Waals surface area contributed by atoms with Gasteiger partial charge in [0.1, 0.15) is 23.5 Å². The molecule has 1 aliphatic rings. The van der Waals surface area contributed by atoms with Gasteiger partial charge in [-0.25, -0.2) is 4.98 Å². The zero-order chi connectivity index (χ0) is 21.3. The Balaban J connectivity index is 2.00. The van der Waals surface area contributed by atoms with Crippen LogP contribution in [0.25, 0.3) is 0 Å². The number of carbonyl (C=O) groups is 1. The smallest absolute Gasteiger partial charge is 0.333 e. The maximum atomic E-state index is 13.4. The molecule has 1 aliphatic heterocycles. The summed E-state index contributed by atoms with van der Waals surface area (Å²) < 4.78 is 40.3. The molecule has 1 amide bonds. The first-order valence-corrected chi connectivity index (χ1v) is 9.96. The molecule has 0 radical (unpaired) electrons. The molecular formula is C20H19F3N4OS. The van der Waals surface area contributed by atoms with Crippen LogP contribution >= 0.6 is 11.8 Å². The van der Waals surface area contributed by atoms with Crippen LogP contribution in [0.2, 0.25) is 0 Å². The van der Waals surface area contributed by atoms with Gasteiger partial charge in [-0.15, -0.1) is 11.8 Å². The van der Waals surface area contributed by atoms with E-state index in [4.69, 9.17) is 0 Å². The standard InChI is InChI=1S/C20H19F3N4OS/c1-12-5-4-6-14(7-12)26(3)19(28)17-10-29-11-27(17)18-15(9-24)16(20(21,22)23)8-13(2)25-18/h4-8,17H,10-11H2,1-3H3/t17-/m0/s1. The van der Waals surface area contributed by atoms with Crippen LogP contribution in [-0.2, 0) is 11.0 Å². The second-order valence-corrected chi connectivity index (χ2v) is 7.84. The SMILES string of the molecule is Cc1cccc(N(C)C(=O)[C@@H]2CSCN2c2nc(C)cc(C(F)(F)F)c2C#N)c1. The third-order valence-corrected chi connectivity index (χ3v) is 5.72. The molecule has 0 spiro atoms. The molecule has 0 aliphatic carbocycles. The summed E-state index contributed by atoms with van der Waals surface area (Å²) >= 11 is 1.42. The van der Waals surface area contributed by atoms with Crippen molar-refractivity contribution in [3.63, 3.8) is 0 Å². The summed E-state index contributed by atoms with van der Waals surface area (Å²) in [5.74, 6) is 0.319. The molecule has 1 saturated heterocycles. The van der Waals surface area contributed by atoms with Crippen molar-refractivity contribution in [3.05, 3.63) is 52.7 Å². The van der Waals surface area contributed by atoms with Gasteiger partial charge in [-0.2, -0.15) is 18.4 Å². The van der Waals surface area contributed by atoms with Crippen molar-refractivity contribution < 1.29 is 18.0 Å². The highest BCUT2D eigenvalue weighted by molar-refractivity contribution is 7.99. The summed E-state index contributed by atoms with van der Waals surface area (Å²) in [4.78, 5) is 20.3. The molecule has 1 aromatic heterocycles. The van der Waals surface area contributed by atoms with Crippen LogP contribution in [0.3, 0.4) is 0 Å². The topological polar surface area (TPSA) is 60.2 Å². The van der Waals surface area contributed by atoms with Gasteiger partial charge >= 0.3 is 6.18 Å². The van der Waals surface area contributed by atoms with Crippen LogP contribution < -0.4 is 9.80 Å². The molecule has 1 fully saturated rings. The fraction of sp³-hybridized carbons (Fsp3) is 0.350. The Morgan fingerprint density at radius 2 is 2.07 bits per heavy atom. The van der Waals surface area contributed by atoms with E-state index in [2.05, 4.69) is 4.98 Å². The lowest BCUT2D eigenvalue weighted by Crippen LogP contribution is -2.46. The number of pyridine rings is 1. The summed E-state index contributed by atoms with van der Waals surface area (Å²) in [6.07, 6.45) is -4.68. The number of rotatable bonds is 3. The molecule has 0 bridgehead atoms. The molecule has 1 atom stereocenters. The molecule has 9 heteroatoms. The normalized spacial score (nSPS) is 16.6. The van der Waals surface area contributed by atoms with E-state index >= 15 is 0 Å². The molecule has 0 unspecified atom stereocenters. The van der Waals surface area contributed by atoms with E-state index in [1.54, 1.807) is 19.2 Å². The Hall–Kier alpha value is -2.73. The quantitative estimate of drug-likeness (QED) is 0.747. The average Bonchev–Trinajstić information content (AvgIpc) is 3.15. The molecule has 1 aromatic carbocycles. The highest BCUT2D eigenvalue weighted by atomic mass is 32.2. The minimum atomic E-state index is -4.68. The number of benzene rings is 1. The van der Waals surface area contributed by atoms with Crippen molar-refractivity contribution in [2.24, 2.45) is 0 Å². The predicted octanol–water partition coefficient (Wildman–Crippen LogP) is 4.13. The van der Waals surface area contributed by atoms with E-state index < -0.39 is 23.3 Å². The van der Waals surface area contributed by atoms with E-state index in [0.29, 0.717) is 11.4 Å². The highest BCUT2D eigenvalue weighted by Crippen LogP contribution is 2.38. The fourth-order valence-electron chi connectivity index (χ4n) is 3.24. The first-order chi connectivity index (χ1) is 13.6. The number of halogens is 3. The van der Waals surface area contributed by atoms with Crippen LogP contribution in [-0.4, -0.2) is 35.6 Å². The minimum Gasteiger partial charge on any atom is -0.333 e. The first-order valence-electron chi connectivity index (χ1n) is 8.81. The largest absolute Gasteiger partial charge is 0.417 e. The second kappa shape index (κ2) is 7.95. The van der Waals surface area contributed by atoms with E-state index in [1.807, 2.05) is 25.1 Å². The molecule has 152 valence electrons. The van der Waals surface area contributed by atoms with Crippen molar-refractivity contribution in [1.29, 1.82) is 5.26 Å². The minimum absolute atomic E-state index is 0.0965. The number of likely N-dealkylation sites (N-methyl/N-ethyl adjacent to an activating group) is 1. The van der Waals surface area contributed by atoms with E-state index in [9.17, 15) is 23.2 Å². The van der Waals surface area contributed by atoms with Crippen LogP contribution in [0.1, 0.15) is 22.4 Å². The lowest BCUT2D eigenvalue weighted by Gasteiger charge is -2.29. The van der Waals surface area contributed by atoms with Crippen molar-refractivity contribution in [3.8, 4) is 6.07 Å². The molecule has 29 heavy (non-hydrogen) atoms. The van der Waals surface area contributed by atoms with Gasteiger partial charge in [0.15, 0.2) is 0 Å². The Kier molecular flexibility index (Phi) is 5.75. The summed E-state index contributed by atoms with van der Waals surface area (Å²) in [6.45, 7) is 3.35. The van der Waals surface area contributed by atoms with Gasteiger partial charge in [-0.3, -0.25) is 4.79 Å². The van der Waals surface area contributed by atoms with Crippen LogP contribution in [0.5, 0.6) is 0 Å². The number of nitriles is 1. The number of hydrogen-bond donors (Lipinski definition) is 0. The van der Waals surface area contributed by atoms with E-state index in [0.717, 1.165) is 11.6 Å². The van der Waals surface area contributed by atoms with Gasteiger partial charge in [-0.1, -0.05) is 12.1 Å². The lowest BCUT2D eigenvalue weighted by molar-refractivity contribution is -0.137. The van der Waals surface area contributed by atoms with Crippen molar-refractivity contribution in [1.82, 2.24) is 4.98 Å². The van der Waals surface area contributed by atoms with Gasteiger partial charge < -0.3 is 9.80 Å². The number of amides is 1. The van der Waals surface area contributed by atoms with Crippen LogP contribution in [0, 0.1) is 25.2 Å². The Labute approximate surface area is 171 Å². The Morgan fingerprint density at radius 1 is 1.34 bits per heavy atom. The predicted molar refractivity (Wildman–Crippen MR) is 107 cm³/mol. The van der Waals surface area contributed by atoms with E-state index in [1.165, 1.54) is 28.5 Å². The first kappa shape index (κ1) is 21.0. The molecule has 0 saturated carbocycles. The zero-order valence-electron chi connectivity index (χ0n) is 16.1. The summed E-state index contributed by atoms with van der Waals surface area (Å²) in [7, 11) is 1.63. The molecule has 2 aromatic rings.